The van der Waals surface area contributed by atoms with Crippen molar-refractivity contribution in [3.8, 4) is 11.1 Å². The highest BCUT2D eigenvalue weighted by atomic mass is 19.1. The van der Waals surface area contributed by atoms with Crippen molar-refractivity contribution in [3.05, 3.63) is 48.9 Å². The first-order chi connectivity index (χ1) is 7.83. The van der Waals surface area contributed by atoms with E-state index in [-0.39, 0.29) is 5.82 Å². The molecule has 0 aromatic carbocycles. The summed E-state index contributed by atoms with van der Waals surface area (Å²) in [4.78, 5) is 3.81. The standard InChI is InChI=1S/C11H7FN4/c12-10-3-9(4-13-5-10)8-1-2-11-15-14-7-16(11)6-8/h1-7H. The van der Waals surface area contributed by atoms with Crippen LogP contribution in [0.15, 0.2) is 43.1 Å². The molecule has 0 amide bonds. The predicted octanol–water partition coefficient (Wildman–Crippen LogP) is 1.93. The maximum atomic E-state index is 13.0. The van der Waals surface area contributed by atoms with Gasteiger partial charge in [-0.15, -0.1) is 10.2 Å². The average Bonchev–Trinajstić information content (AvgIpc) is 2.75. The van der Waals surface area contributed by atoms with Gasteiger partial charge in [-0.3, -0.25) is 9.38 Å². The molecule has 4 nitrogen and oxygen atoms in total. The molecule has 0 unspecified atom stereocenters. The van der Waals surface area contributed by atoms with E-state index in [1.54, 1.807) is 16.9 Å². The van der Waals surface area contributed by atoms with Crippen LogP contribution in [0.2, 0.25) is 0 Å². The molecule has 0 saturated carbocycles. The highest BCUT2D eigenvalue weighted by Crippen LogP contribution is 2.19. The van der Waals surface area contributed by atoms with Crippen molar-refractivity contribution >= 4 is 5.65 Å². The van der Waals surface area contributed by atoms with Crippen LogP contribution in [0, 0.1) is 5.82 Å². The average molecular weight is 214 g/mol. The lowest BCUT2D eigenvalue weighted by molar-refractivity contribution is 0.622. The van der Waals surface area contributed by atoms with Crippen molar-refractivity contribution in [1.82, 2.24) is 19.6 Å². The Morgan fingerprint density at radius 3 is 2.94 bits per heavy atom. The van der Waals surface area contributed by atoms with E-state index in [9.17, 15) is 4.39 Å². The van der Waals surface area contributed by atoms with Crippen LogP contribution in [0.25, 0.3) is 16.8 Å². The van der Waals surface area contributed by atoms with E-state index in [0.29, 0.717) is 0 Å². The van der Waals surface area contributed by atoms with Gasteiger partial charge in [-0.1, -0.05) is 0 Å². The number of halogens is 1. The Hall–Kier alpha value is -2.30. The van der Waals surface area contributed by atoms with Gasteiger partial charge in [0.05, 0.1) is 6.20 Å². The number of hydrogen-bond acceptors (Lipinski definition) is 3. The predicted molar refractivity (Wildman–Crippen MR) is 56.2 cm³/mol. The molecule has 0 saturated heterocycles. The van der Waals surface area contributed by atoms with Gasteiger partial charge in [-0.05, 0) is 18.2 Å². The maximum absolute atomic E-state index is 13.0. The fourth-order valence-corrected chi connectivity index (χ4v) is 1.57. The minimum Gasteiger partial charge on any atom is -0.288 e. The summed E-state index contributed by atoms with van der Waals surface area (Å²) < 4.78 is 14.8. The molecule has 0 aliphatic carbocycles. The largest absolute Gasteiger partial charge is 0.288 e. The van der Waals surface area contributed by atoms with Crippen molar-refractivity contribution < 1.29 is 4.39 Å². The van der Waals surface area contributed by atoms with Crippen LogP contribution in [-0.2, 0) is 0 Å². The molecule has 0 aliphatic rings. The number of fused-ring (bicyclic) bond motifs is 1. The molecule has 0 N–H and O–H groups in total. The quantitative estimate of drug-likeness (QED) is 0.621. The summed E-state index contributed by atoms with van der Waals surface area (Å²) >= 11 is 0. The monoisotopic (exact) mass is 214 g/mol. The summed E-state index contributed by atoms with van der Waals surface area (Å²) in [7, 11) is 0. The van der Waals surface area contributed by atoms with E-state index in [2.05, 4.69) is 15.2 Å². The smallest absolute Gasteiger partial charge is 0.160 e. The zero-order valence-corrected chi connectivity index (χ0v) is 8.21. The van der Waals surface area contributed by atoms with Crippen LogP contribution in [0.4, 0.5) is 4.39 Å². The van der Waals surface area contributed by atoms with Crippen LogP contribution >= 0.6 is 0 Å². The molecule has 5 heteroatoms. The van der Waals surface area contributed by atoms with Crippen molar-refractivity contribution in [1.29, 1.82) is 0 Å². The Kier molecular flexibility index (Phi) is 1.89. The molecule has 0 aliphatic heterocycles. The number of pyridine rings is 2. The SMILES string of the molecule is Fc1cncc(-c2ccc3nncn3c2)c1. The zero-order chi connectivity index (χ0) is 11.0. The Morgan fingerprint density at radius 1 is 1.12 bits per heavy atom. The normalized spacial score (nSPS) is 10.8. The molecule has 78 valence electrons. The van der Waals surface area contributed by atoms with Crippen LogP contribution < -0.4 is 0 Å². The maximum Gasteiger partial charge on any atom is 0.160 e. The van der Waals surface area contributed by atoms with Crippen molar-refractivity contribution in [3.63, 3.8) is 0 Å². The molecule has 3 heterocycles. The number of rotatable bonds is 1. The first-order valence-corrected chi connectivity index (χ1v) is 4.73. The van der Waals surface area contributed by atoms with Gasteiger partial charge >= 0.3 is 0 Å². The molecular formula is C11H7FN4. The van der Waals surface area contributed by atoms with E-state index < -0.39 is 0 Å². The summed E-state index contributed by atoms with van der Waals surface area (Å²) in [6, 6.07) is 5.13. The molecule has 0 bridgehead atoms. The first kappa shape index (κ1) is 8.96. The molecule has 0 radical (unpaired) electrons. The number of hydrogen-bond donors (Lipinski definition) is 0. The topological polar surface area (TPSA) is 43.1 Å². The van der Waals surface area contributed by atoms with Gasteiger partial charge in [0, 0.05) is 23.5 Å². The number of nitrogens with zero attached hydrogens (tertiary/aromatic N) is 4. The summed E-state index contributed by atoms with van der Waals surface area (Å²) in [5.74, 6) is -0.346. The van der Waals surface area contributed by atoms with Gasteiger partial charge in [-0.25, -0.2) is 4.39 Å². The Balaban J connectivity index is 2.18. The Bertz CT molecular complexity index is 647. The molecule has 3 rings (SSSR count). The van der Waals surface area contributed by atoms with Crippen LogP contribution in [-0.4, -0.2) is 19.6 Å². The highest BCUT2D eigenvalue weighted by Gasteiger charge is 2.02. The highest BCUT2D eigenvalue weighted by molar-refractivity contribution is 5.63. The lowest BCUT2D eigenvalue weighted by Gasteiger charge is -2.01. The van der Waals surface area contributed by atoms with E-state index >= 15 is 0 Å². The Labute approximate surface area is 90.4 Å². The lowest BCUT2D eigenvalue weighted by atomic mass is 10.1. The first-order valence-electron chi connectivity index (χ1n) is 4.73. The second kappa shape index (κ2) is 3.37. The van der Waals surface area contributed by atoms with E-state index in [0.717, 1.165) is 16.8 Å². The minimum absolute atomic E-state index is 0.346. The molecule has 3 aromatic rings. The van der Waals surface area contributed by atoms with Crippen LogP contribution in [0.5, 0.6) is 0 Å². The molecular weight excluding hydrogens is 207 g/mol. The van der Waals surface area contributed by atoms with Gasteiger partial charge in [0.15, 0.2) is 5.65 Å². The van der Waals surface area contributed by atoms with Crippen molar-refractivity contribution in [2.45, 2.75) is 0 Å². The number of aromatic nitrogens is 4. The summed E-state index contributed by atoms with van der Waals surface area (Å²) in [5, 5.41) is 7.67. The molecule has 0 fully saturated rings. The third-order valence-corrected chi connectivity index (χ3v) is 2.33. The van der Waals surface area contributed by atoms with Gasteiger partial charge < -0.3 is 0 Å². The van der Waals surface area contributed by atoms with Gasteiger partial charge in [0.25, 0.3) is 0 Å². The van der Waals surface area contributed by atoms with E-state index in [1.165, 1.54) is 12.3 Å². The zero-order valence-electron chi connectivity index (χ0n) is 8.21. The third kappa shape index (κ3) is 1.42. The third-order valence-electron chi connectivity index (χ3n) is 2.33. The molecule has 0 atom stereocenters. The molecule has 3 aromatic heterocycles. The summed E-state index contributed by atoms with van der Waals surface area (Å²) in [6.07, 6.45) is 6.24. The van der Waals surface area contributed by atoms with Gasteiger partial charge in [-0.2, -0.15) is 0 Å². The lowest BCUT2D eigenvalue weighted by Crippen LogP contribution is -1.87. The van der Waals surface area contributed by atoms with Gasteiger partial charge in [0.1, 0.15) is 12.1 Å². The molecule has 0 spiro atoms. The Morgan fingerprint density at radius 2 is 2.06 bits per heavy atom. The second-order valence-electron chi connectivity index (χ2n) is 3.41. The van der Waals surface area contributed by atoms with Crippen molar-refractivity contribution in [2.75, 3.05) is 0 Å². The van der Waals surface area contributed by atoms with E-state index in [1.807, 2.05) is 18.3 Å². The van der Waals surface area contributed by atoms with Crippen LogP contribution in [0.1, 0.15) is 0 Å². The minimum atomic E-state index is -0.346. The summed E-state index contributed by atoms with van der Waals surface area (Å²) in [5.41, 5.74) is 2.36. The second-order valence-corrected chi connectivity index (χ2v) is 3.41. The van der Waals surface area contributed by atoms with Crippen molar-refractivity contribution in [2.24, 2.45) is 0 Å². The summed E-state index contributed by atoms with van der Waals surface area (Å²) in [6.45, 7) is 0. The van der Waals surface area contributed by atoms with Crippen LogP contribution in [0.3, 0.4) is 0 Å². The molecule has 16 heavy (non-hydrogen) atoms. The fraction of sp³-hybridized carbons (Fsp3) is 0. The fourth-order valence-electron chi connectivity index (χ4n) is 1.57. The van der Waals surface area contributed by atoms with Gasteiger partial charge in [0.2, 0.25) is 0 Å². The van der Waals surface area contributed by atoms with E-state index in [4.69, 9.17) is 0 Å².